The molecule has 0 radical (unpaired) electrons. The van der Waals surface area contributed by atoms with E-state index in [1.165, 1.54) is 0 Å². The first kappa shape index (κ1) is 15.0. The van der Waals surface area contributed by atoms with Crippen molar-refractivity contribution in [2.75, 3.05) is 0 Å². The molecule has 0 fully saturated rings. The van der Waals surface area contributed by atoms with Gasteiger partial charge in [0.2, 0.25) is 0 Å². The van der Waals surface area contributed by atoms with Gasteiger partial charge in [-0.15, -0.1) is 0 Å². The molecule has 5 heteroatoms. The van der Waals surface area contributed by atoms with Crippen LogP contribution in [0.15, 0.2) is 22.7 Å². The summed E-state index contributed by atoms with van der Waals surface area (Å²) in [6.07, 6.45) is 0.389. The van der Waals surface area contributed by atoms with Crippen LogP contribution in [-0.4, -0.2) is 17.2 Å². The maximum Gasteiger partial charge on any atom is 0.344 e. The van der Waals surface area contributed by atoms with Gasteiger partial charge in [-0.3, -0.25) is 0 Å². The Morgan fingerprint density at radius 3 is 2.72 bits per heavy atom. The van der Waals surface area contributed by atoms with Gasteiger partial charge >= 0.3 is 5.97 Å². The molecule has 1 unspecified atom stereocenters. The number of hydrogen-bond donors (Lipinski definition) is 2. The number of ether oxygens (including phenoxy) is 1. The molecule has 4 nitrogen and oxygen atoms in total. The lowest BCUT2D eigenvalue weighted by molar-refractivity contribution is -0.145. The first-order valence-electron chi connectivity index (χ1n) is 5.90. The number of halogens is 1. The van der Waals surface area contributed by atoms with Crippen molar-refractivity contribution in [2.45, 2.75) is 38.8 Å². The average molecular weight is 316 g/mol. The summed E-state index contributed by atoms with van der Waals surface area (Å²) >= 11 is 3.34. The molecule has 2 atom stereocenters. The number of carboxylic acid groups (broad SMARTS) is 1. The molecule has 100 valence electrons. The Balaban J connectivity index is 3.00. The van der Waals surface area contributed by atoms with Crippen molar-refractivity contribution in [3.05, 3.63) is 28.2 Å². The van der Waals surface area contributed by atoms with Crippen molar-refractivity contribution in [3.63, 3.8) is 0 Å². The fourth-order valence-corrected chi connectivity index (χ4v) is 1.97. The predicted octanol–water partition coefficient (Wildman–Crippen LogP) is 3.10. The van der Waals surface area contributed by atoms with Crippen LogP contribution >= 0.6 is 15.9 Å². The van der Waals surface area contributed by atoms with Crippen molar-refractivity contribution < 1.29 is 14.6 Å². The van der Waals surface area contributed by atoms with E-state index in [9.17, 15) is 4.79 Å². The van der Waals surface area contributed by atoms with E-state index in [4.69, 9.17) is 15.6 Å². The SMILES string of the molecule is CCCC(Oc1cc(Br)ccc1[C@@H](C)N)C(=O)O. The summed E-state index contributed by atoms with van der Waals surface area (Å²) in [6.45, 7) is 3.76. The van der Waals surface area contributed by atoms with Gasteiger partial charge < -0.3 is 15.6 Å². The van der Waals surface area contributed by atoms with Gasteiger partial charge in [0.25, 0.3) is 0 Å². The highest BCUT2D eigenvalue weighted by atomic mass is 79.9. The topological polar surface area (TPSA) is 72.5 Å². The van der Waals surface area contributed by atoms with E-state index >= 15 is 0 Å². The summed E-state index contributed by atoms with van der Waals surface area (Å²) in [5, 5.41) is 9.10. The van der Waals surface area contributed by atoms with Gasteiger partial charge in [0.1, 0.15) is 5.75 Å². The second kappa shape index (κ2) is 6.75. The van der Waals surface area contributed by atoms with E-state index in [0.717, 1.165) is 16.5 Å². The average Bonchev–Trinajstić information content (AvgIpc) is 2.28. The zero-order chi connectivity index (χ0) is 13.7. The highest BCUT2D eigenvalue weighted by Crippen LogP contribution is 2.29. The van der Waals surface area contributed by atoms with E-state index < -0.39 is 12.1 Å². The molecule has 0 spiro atoms. The van der Waals surface area contributed by atoms with E-state index in [1.807, 2.05) is 26.0 Å². The predicted molar refractivity (Wildman–Crippen MR) is 73.7 cm³/mol. The first-order chi connectivity index (χ1) is 8.45. The summed E-state index contributed by atoms with van der Waals surface area (Å²) in [5.41, 5.74) is 6.65. The lowest BCUT2D eigenvalue weighted by Gasteiger charge is -2.19. The summed E-state index contributed by atoms with van der Waals surface area (Å²) < 4.78 is 6.42. The molecule has 0 aliphatic carbocycles. The van der Waals surface area contributed by atoms with Crippen LogP contribution in [-0.2, 0) is 4.79 Å². The third-order valence-electron chi connectivity index (χ3n) is 2.56. The second-order valence-electron chi connectivity index (χ2n) is 4.20. The molecule has 0 saturated carbocycles. The quantitative estimate of drug-likeness (QED) is 0.846. The van der Waals surface area contributed by atoms with Crippen LogP contribution in [0.4, 0.5) is 0 Å². The van der Waals surface area contributed by atoms with Crippen LogP contribution in [0.25, 0.3) is 0 Å². The third-order valence-corrected chi connectivity index (χ3v) is 3.05. The molecule has 1 aromatic rings. The highest BCUT2D eigenvalue weighted by molar-refractivity contribution is 9.10. The molecule has 0 saturated heterocycles. The van der Waals surface area contributed by atoms with Gasteiger partial charge in [0, 0.05) is 16.1 Å². The molecule has 3 N–H and O–H groups in total. The molecule has 1 rings (SSSR count). The summed E-state index contributed by atoms with van der Waals surface area (Å²) in [7, 11) is 0. The van der Waals surface area contributed by atoms with Crippen molar-refractivity contribution in [2.24, 2.45) is 5.73 Å². The molecule has 18 heavy (non-hydrogen) atoms. The molecule has 0 aliphatic rings. The monoisotopic (exact) mass is 315 g/mol. The van der Waals surface area contributed by atoms with E-state index in [-0.39, 0.29) is 6.04 Å². The van der Waals surface area contributed by atoms with E-state index in [2.05, 4.69) is 15.9 Å². The number of hydrogen-bond acceptors (Lipinski definition) is 3. The zero-order valence-electron chi connectivity index (χ0n) is 10.5. The molecule has 0 bridgehead atoms. The number of aliphatic carboxylic acids is 1. The van der Waals surface area contributed by atoms with E-state index in [0.29, 0.717) is 12.2 Å². The van der Waals surface area contributed by atoms with Gasteiger partial charge in [0.15, 0.2) is 6.10 Å². The number of benzene rings is 1. The van der Waals surface area contributed by atoms with Crippen LogP contribution in [0.5, 0.6) is 5.75 Å². The lowest BCUT2D eigenvalue weighted by atomic mass is 10.1. The molecule has 0 heterocycles. The molecule has 0 aliphatic heterocycles. The minimum atomic E-state index is -0.951. The summed E-state index contributed by atoms with van der Waals surface area (Å²) in [4.78, 5) is 11.1. The molecular formula is C13H18BrNO3. The number of carboxylic acids is 1. The van der Waals surface area contributed by atoms with Crippen LogP contribution in [0, 0.1) is 0 Å². The Bertz CT molecular complexity index is 421. The normalized spacial score (nSPS) is 14.0. The highest BCUT2D eigenvalue weighted by Gasteiger charge is 2.20. The number of rotatable bonds is 6. The van der Waals surface area contributed by atoms with Crippen LogP contribution in [0.1, 0.15) is 38.3 Å². The Kier molecular flexibility index (Phi) is 5.62. The molecule has 1 aromatic carbocycles. The van der Waals surface area contributed by atoms with Crippen LogP contribution < -0.4 is 10.5 Å². The molecular weight excluding hydrogens is 298 g/mol. The van der Waals surface area contributed by atoms with Gasteiger partial charge in [-0.25, -0.2) is 4.79 Å². The van der Waals surface area contributed by atoms with Gasteiger partial charge in [-0.1, -0.05) is 35.3 Å². The van der Waals surface area contributed by atoms with Gasteiger partial charge in [-0.2, -0.15) is 0 Å². The standard InChI is InChI=1S/C13H18BrNO3/c1-3-4-11(13(16)17)18-12-7-9(14)5-6-10(12)8(2)15/h5-8,11H,3-4,15H2,1-2H3,(H,16,17)/t8-,11?/m1/s1. The number of nitrogens with two attached hydrogens (primary N) is 1. The third kappa shape index (κ3) is 3.99. The fourth-order valence-electron chi connectivity index (χ4n) is 1.63. The fraction of sp³-hybridized carbons (Fsp3) is 0.462. The Morgan fingerprint density at radius 2 is 2.22 bits per heavy atom. The Labute approximate surface area is 115 Å². The number of carbonyl (C=O) groups is 1. The summed E-state index contributed by atoms with van der Waals surface area (Å²) in [5.74, 6) is -0.423. The van der Waals surface area contributed by atoms with Gasteiger partial charge in [-0.05, 0) is 25.5 Å². The Hall–Kier alpha value is -1.07. The largest absolute Gasteiger partial charge is 0.479 e. The smallest absolute Gasteiger partial charge is 0.344 e. The maximum absolute atomic E-state index is 11.1. The zero-order valence-corrected chi connectivity index (χ0v) is 12.1. The van der Waals surface area contributed by atoms with Crippen LogP contribution in [0.2, 0.25) is 0 Å². The molecule has 0 amide bonds. The first-order valence-corrected chi connectivity index (χ1v) is 6.69. The summed E-state index contributed by atoms with van der Waals surface area (Å²) in [6, 6.07) is 5.25. The lowest BCUT2D eigenvalue weighted by Crippen LogP contribution is -2.27. The van der Waals surface area contributed by atoms with Crippen molar-refractivity contribution in [3.8, 4) is 5.75 Å². The maximum atomic E-state index is 11.1. The van der Waals surface area contributed by atoms with Crippen LogP contribution in [0.3, 0.4) is 0 Å². The second-order valence-corrected chi connectivity index (χ2v) is 5.12. The van der Waals surface area contributed by atoms with Crippen molar-refractivity contribution >= 4 is 21.9 Å². The Morgan fingerprint density at radius 1 is 1.56 bits per heavy atom. The minimum Gasteiger partial charge on any atom is -0.479 e. The molecule has 0 aromatic heterocycles. The van der Waals surface area contributed by atoms with Gasteiger partial charge in [0.05, 0.1) is 0 Å². The van der Waals surface area contributed by atoms with Crippen molar-refractivity contribution in [1.29, 1.82) is 0 Å². The van der Waals surface area contributed by atoms with Crippen molar-refractivity contribution in [1.82, 2.24) is 0 Å². The van der Waals surface area contributed by atoms with E-state index in [1.54, 1.807) is 6.07 Å². The minimum absolute atomic E-state index is 0.204.